The van der Waals surface area contributed by atoms with Crippen molar-refractivity contribution in [3.05, 3.63) is 29.6 Å². The summed E-state index contributed by atoms with van der Waals surface area (Å²) in [6.07, 6.45) is 2.50. The Kier molecular flexibility index (Phi) is 3.80. The third kappa shape index (κ3) is 2.90. The van der Waals surface area contributed by atoms with Crippen molar-refractivity contribution in [1.29, 1.82) is 0 Å². The molecule has 1 fully saturated rings. The van der Waals surface area contributed by atoms with Crippen molar-refractivity contribution in [2.45, 2.75) is 25.3 Å². The van der Waals surface area contributed by atoms with Gasteiger partial charge in [0, 0.05) is 11.7 Å². The Balaban J connectivity index is 2.13. The summed E-state index contributed by atoms with van der Waals surface area (Å²) in [6, 6.07) is 3.58. The second kappa shape index (κ2) is 5.36. The first-order valence-electron chi connectivity index (χ1n) is 6.15. The molecule has 0 radical (unpaired) electrons. The second-order valence-corrected chi connectivity index (χ2v) is 4.75. The second-order valence-electron chi connectivity index (χ2n) is 4.75. The largest absolute Gasteiger partial charge is 0.366 e. The van der Waals surface area contributed by atoms with Gasteiger partial charge in [-0.25, -0.2) is 4.39 Å². The third-order valence-electron chi connectivity index (χ3n) is 3.41. The Bertz CT molecular complexity index is 519. The molecule has 1 saturated carbocycles. The monoisotopic (exact) mass is 265 g/mol. The number of carbonyl (C=O) groups excluding carboxylic acids is 2. The molecule has 2 atom stereocenters. The molecule has 6 heteroatoms. The van der Waals surface area contributed by atoms with Gasteiger partial charge in [0.2, 0.25) is 5.91 Å². The van der Waals surface area contributed by atoms with Crippen LogP contribution in [-0.4, -0.2) is 17.9 Å². The van der Waals surface area contributed by atoms with Crippen LogP contribution in [0.15, 0.2) is 18.2 Å². The molecule has 0 bridgehead atoms. The number of primary amides is 1. The van der Waals surface area contributed by atoms with Gasteiger partial charge in [0.25, 0.3) is 5.91 Å². The molecule has 2 unspecified atom stereocenters. The number of carbonyl (C=O) groups is 2. The molecule has 0 spiro atoms. The van der Waals surface area contributed by atoms with E-state index in [1.54, 1.807) is 0 Å². The number of rotatable bonds is 3. The van der Waals surface area contributed by atoms with E-state index in [1.807, 2.05) is 0 Å². The lowest BCUT2D eigenvalue weighted by Gasteiger charge is -2.15. The summed E-state index contributed by atoms with van der Waals surface area (Å²) < 4.78 is 13.3. The van der Waals surface area contributed by atoms with Crippen molar-refractivity contribution in [2.24, 2.45) is 17.4 Å². The van der Waals surface area contributed by atoms with Crippen LogP contribution >= 0.6 is 0 Å². The Morgan fingerprint density at radius 2 is 2.05 bits per heavy atom. The molecular formula is C13H16FN3O2. The number of amides is 2. The van der Waals surface area contributed by atoms with Crippen molar-refractivity contribution in [2.75, 3.05) is 5.32 Å². The van der Waals surface area contributed by atoms with Gasteiger partial charge in [0.15, 0.2) is 0 Å². The van der Waals surface area contributed by atoms with E-state index in [0.717, 1.165) is 25.3 Å². The summed E-state index contributed by atoms with van der Waals surface area (Å²) in [5, 5.41) is 2.64. The maximum atomic E-state index is 13.3. The van der Waals surface area contributed by atoms with Gasteiger partial charge in [0.05, 0.1) is 11.5 Å². The van der Waals surface area contributed by atoms with E-state index < -0.39 is 11.7 Å². The maximum Gasteiger partial charge on any atom is 0.251 e. The van der Waals surface area contributed by atoms with Crippen LogP contribution in [0.4, 0.5) is 10.1 Å². The summed E-state index contributed by atoms with van der Waals surface area (Å²) in [7, 11) is 0. The standard InChI is InChI=1S/C13H16FN3O2/c14-10-5-4-7(6-9(10)12(16)18)17-13(19)8-2-1-3-11(8)15/h4-6,8,11H,1-3,15H2,(H2,16,18)(H,17,19). The van der Waals surface area contributed by atoms with E-state index in [9.17, 15) is 14.0 Å². The van der Waals surface area contributed by atoms with Gasteiger partial charge < -0.3 is 16.8 Å². The quantitative estimate of drug-likeness (QED) is 0.760. The fourth-order valence-corrected chi connectivity index (χ4v) is 2.34. The molecule has 5 N–H and O–H groups in total. The van der Waals surface area contributed by atoms with Gasteiger partial charge in [-0.3, -0.25) is 9.59 Å². The van der Waals surface area contributed by atoms with Crippen LogP contribution in [0.1, 0.15) is 29.6 Å². The first-order valence-corrected chi connectivity index (χ1v) is 6.15. The zero-order chi connectivity index (χ0) is 14.0. The molecule has 1 aromatic rings. The minimum Gasteiger partial charge on any atom is -0.366 e. The van der Waals surface area contributed by atoms with Crippen LogP contribution in [0.5, 0.6) is 0 Å². The first-order chi connectivity index (χ1) is 8.99. The van der Waals surface area contributed by atoms with Gasteiger partial charge in [-0.15, -0.1) is 0 Å². The summed E-state index contributed by atoms with van der Waals surface area (Å²) in [4.78, 5) is 23.0. The number of nitrogens with one attached hydrogen (secondary N) is 1. The Morgan fingerprint density at radius 1 is 1.32 bits per heavy atom. The minimum absolute atomic E-state index is 0.143. The fraction of sp³-hybridized carbons (Fsp3) is 0.385. The first kappa shape index (κ1) is 13.5. The topological polar surface area (TPSA) is 98.2 Å². The van der Waals surface area contributed by atoms with Gasteiger partial charge in [0.1, 0.15) is 5.82 Å². The molecule has 0 heterocycles. The number of benzene rings is 1. The lowest BCUT2D eigenvalue weighted by molar-refractivity contribution is -0.120. The Morgan fingerprint density at radius 3 is 2.63 bits per heavy atom. The summed E-state index contributed by atoms with van der Waals surface area (Å²) in [6.45, 7) is 0. The predicted molar refractivity (Wildman–Crippen MR) is 68.9 cm³/mol. The van der Waals surface area contributed by atoms with Gasteiger partial charge in [-0.2, -0.15) is 0 Å². The molecule has 1 aromatic carbocycles. The van der Waals surface area contributed by atoms with Crippen molar-refractivity contribution >= 4 is 17.5 Å². The van der Waals surface area contributed by atoms with E-state index in [0.29, 0.717) is 5.69 Å². The van der Waals surface area contributed by atoms with E-state index >= 15 is 0 Å². The zero-order valence-electron chi connectivity index (χ0n) is 10.4. The summed E-state index contributed by atoms with van der Waals surface area (Å²) >= 11 is 0. The van der Waals surface area contributed by atoms with Crippen LogP contribution in [-0.2, 0) is 4.79 Å². The van der Waals surface area contributed by atoms with Gasteiger partial charge in [-0.05, 0) is 31.0 Å². The highest BCUT2D eigenvalue weighted by atomic mass is 19.1. The molecule has 0 saturated heterocycles. The van der Waals surface area contributed by atoms with Crippen molar-refractivity contribution in [3.8, 4) is 0 Å². The van der Waals surface area contributed by atoms with Crippen molar-refractivity contribution in [3.63, 3.8) is 0 Å². The van der Waals surface area contributed by atoms with Crippen LogP contribution in [0.25, 0.3) is 0 Å². The third-order valence-corrected chi connectivity index (χ3v) is 3.41. The molecule has 1 aliphatic rings. The number of hydrogen-bond donors (Lipinski definition) is 3. The number of hydrogen-bond acceptors (Lipinski definition) is 3. The molecule has 2 amide bonds. The minimum atomic E-state index is -0.869. The number of anilines is 1. The molecule has 5 nitrogen and oxygen atoms in total. The fourth-order valence-electron chi connectivity index (χ4n) is 2.34. The predicted octanol–water partition coefficient (Wildman–Crippen LogP) is 0.990. The smallest absolute Gasteiger partial charge is 0.251 e. The Labute approximate surface area is 110 Å². The Hall–Kier alpha value is -1.95. The number of nitrogens with two attached hydrogens (primary N) is 2. The van der Waals surface area contributed by atoms with Gasteiger partial charge >= 0.3 is 0 Å². The average Bonchev–Trinajstić information content (AvgIpc) is 2.77. The molecular weight excluding hydrogens is 249 g/mol. The lowest BCUT2D eigenvalue weighted by Crippen LogP contribution is -2.34. The number of halogens is 1. The summed E-state index contributed by atoms with van der Waals surface area (Å²) in [5.74, 6) is -2.01. The highest BCUT2D eigenvalue weighted by Crippen LogP contribution is 2.25. The normalized spacial score (nSPS) is 22.2. The molecule has 2 rings (SSSR count). The molecule has 19 heavy (non-hydrogen) atoms. The maximum absolute atomic E-state index is 13.3. The van der Waals surface area contributed by atoms with E-state index in [2.05, 4.69) is 5.32 Å². The zero-order valence-corrected chi connectivity index (χ0v) is 10.4. The van der Waals surface area contributed by atoms with Crippen molar-refractivity contribution < 1.29 is 14.0 Å². The van der Waals surface area contributed by atoms with E-state index in [4.69, 9.17) is 11.5 Å². The highest BCUT2D eigenvalue weighted by Gasteiger charge is 2.30. The summed E-state index contributed by atoms with van der Waals surface area (Å²) in [5.41, 5.74) is 11.0. The van der Waals surface area contributed by atoms with Crippen LogP contribution < -0.4 is 16.8 Å². The highest BCUT2D eigenvalue weighted by molar-refractivity contribution is 5.97. The van der Waals surface area contributed by atoms with Crippen LogP contribution in [0.2, 0.25) is 0 Å². The molecule has 1 aliphatic carbocycles. The average molecular weight is 265 g/mol. The lowest BCUT2D eigenvalue weighted by atomic mass is 10.0. The molecule has 0 aromatic heterocycles. The van der Waals surface area contributed by atoms with Crippen molar-refractivity contribution in [1.82, 2.24) is 0 Å². The molecule has 102 valence electrons. The van der Waals surface area contributed by atoms with Crippen LogP contribution in [0, 0.1) is 11.7 Å². The van der Waals surface area contributed by atoms with E-state index in [1.165, 1.54) is 12.1 Å². The van der Waals surface area contributed by atoms with E-state index in [-0.39, 0.29) is 23.4 Å². The SMILES string of the molecule is NC(=O)c1cc(NC(=O)C2CCCC2N)ccc1F. The van der Waals surface area contributed by atoms with Gasteiger partial charge in [-0.1, -0.05) is 6.42 Å². The van der Waals surface area contributed by atoms with Crippen LogP contribution in [0.3, 0.4) is 0 Å². The molecule has 0 aliphatic heterocycles.